The summed E-state index contributed by atoms with van der Waals surface area (Å²) in [7, 11) is 0. The van der Waals surface area contributed by atoms with Crippen LogP contribution in [0.4, 0.5) is 4.79 Å². The summed E-state index contributed by atoms with van der Waals surface area (Å²) in [5, 5.41) is 0. The molecule has 1 aliphatic heterocycles. The first-order chi connectivity index (χ1) is 6.11. The predicted molar refractivity (Wildman–Crippen MR) is 49.2 cm³/mol. The molecule has 0 aromatic heterocycles. The minimum atomic E-state index is -0.145. The summed E-state index contributed by atoms with van der Waals surface area (Å²) in [6.07, 6.45) is 0.452. The Morgan fingerprint density at radius 3 is 2.38 bits per heavy atom. The molecule has 0 bridgehead atoms. The number of carbonyl (C=O) groups is 2. The summed E-state index contributed by atoms with van der Waals surface area (Å²) in [6.45, 7) is 6.80. The van der Waals surface area contributed by atoms with E-state index in [0.717, 1.165) is 0 Å². The third-order valence-corrected chi connectivity index (χ3v) is 2.44. The van der Waals surface area contributed by atoms with Gasteiger partial charge in [-0.2, -0.15) is 0 Å². The van der Waals surface area contributed by atoms with Gasteiger partial charge in [-0.05, 0) is 20.8 Å². The topological polar surface area (TPSA) is 40.6 Å². The second-order valence-electron chi connectivity index (χ2n) is 3.26. The Hall–Kier alpha value is -1.06. The molecule has 1 heterocycles. The van der Waals surface area contributed by atoms with Crippen LogP contribution in [0.15, 0.2) is 0 Å². The molecule has 0 aromatic carbocycles. The number of hydrogen-bond donors (Lipinski definition) is 0. The zero-order valence-electron chi connectivity index (χ0n) is 8.41. The minimum Gasteiger partial charge on any atom is -0.321 e. The van der Waals surface area contributed by atoms with Crippen LogP contribution in [-0.4, -0.2) is 40.9 Å². The van der Waals surface area contributed by atoms with Gasteiger partial charge in [0.05, 0.1) is 0 Å². The normalized spacial score (nSPS) is 24.1. The highest BCUT2D eigenvalue weighted by molar-refractivity contribution is 5.97. The molecule has 1 unspecified atom stereocenters. The molecular formula is C9H16N2O2. The predicted octanol–water partition coefficient (Wildman–Crippen LogP) is 1.07. The van der Waals surface area contributed by atoms with E-state index in [-0.39, 0.29) is 18.0 Å². The van der Waals surface area contributed by atoms with Crippen molar-refractivity contribution < 1.29 is 9.59 Å². The number of nitrogens with zero attached hydrogens (tertiary/aromatic N) is 2. The lowest BCUT2D eigenvalue weighted by Gasteiger charge is -2.37. The molecule has 0 aliphatic carbocycles. The van der Waals surface area contributed by atoms with Gasteiger partial charge in [0.1, 0.15) is 0 Å². The Morgan fingerprint density at radius 2 is 1.92 bits per heavy atom. The molecule has 1 rings (SSSR count). The van der Waals surface area contributed by atoms with E-state index in [4.69, 9.17) is 0 Å². The van der Waals surface area contributed by atoms with Crippen LogP contribution in [-0.2, 0) is 4.79 Å². The van der Waals surface area contributed by atoms with Crippen LogP contribution in [0.5, 0.6) is 0 Å². The fourth-order valence-corrected chi connectivity index (χ4v) is 1.68. The molecule has 4 heteroatoms. The first-order valence-corrected chi connectivity index (χ1v) is 4.72. The first kappa shape index (κ1) is 10.0. The van der Waals surface area contributed by atoms with E-state index < -0.39 is 0 Å². The molecule has 74 valence electrons. The van der Waals surface area contributed by atoms with Crippen LogP contribution in [0.1, 0.15) is 27.2 Å². The smallest absolute Gasteiger partial charge is 0.321 e. The number of amides is 3. The molecule has 1 saturated heterocycles. The number of urea groups is 1. The van der Waals surface area contributed by atoms with Crippen LogP contribution in [0.3, 0.4) is 0 Å². The third kappa shape index (κ3) is 1.66. The Labute approximate surface area is 78.5 Å². The van der Waals surface area contributed by atoms with Crippen molar-refractivity contribution in [1.29, 1.82) is 0 Å². The number of imide groups is 1. The molecule has 1 aliphatic rings. The zero-order chi connectivity index (χ0) is 10.0. The zero-order valence-corrected chi connectivity index (χ0v) is 8.41. The first-order valence-electron chi connectivity index (χ1n) is 4.72. The highest BCUT2D eigenvalue weighted by Crippen LogP contribution is 2.16. The van der Waals surface area contributed by atoms with E-state index in [0.29, 0.717) is 19.5 Å². The SMILES string of the molecule is CCN1C(=O)CC(C)N(CC)C1=O. The summed E-state index contributed by atoms with van der Waals surface area (Å²) in [5.41, 5.74) is 0. The molecule has 0 saturated carbocycles. The average Bonchev–Trinajstić information content (AvgIpc) is 2.04. The lowest BCUT2D eigenvalue weighted by molar-refractivity contribution is -0.132. The van der Waals surface area contributed by atoms with Gasteiger partial charge in [-0.1, -0.05) is 0 Å². The highest BCUT2D eigenvalue weighted by Gasteiger charge is 2.34. The summed E-state index contributed by atoms with van der Waals surface area (Å²) >= 11 is 0. The Bertz CT molecular complexity index is 228. The van der Waals surface area contributed by atoms with E-state index in [1.54, 1.807) is 4.90 Å². The van der Waals surface area contributed by atoms with Crippen molar-refractivity contribution in [2.75, 3.05) is 13.1 Å². The third-order valence-electron chi connectivity index (χ3n) is 2.44. The Kier molecular flexibility index (Phi) is 2.90. The molecule has 13 heavy (non-hydrogen) atoms. The molecule has 0 spiro atoms. The van der Waals surface area contributed by atoms with E-state index in [2.05, 4.69) is 0 Å². The van der Waals surface area contributed by atoms with Gasteiger partial charge in [-0.25, -0.2) is 4.79 Å². The van der Waals surface area contributed by atoms with Crippen LogP contribution in [0.25, 0.3) is 0 Å². The maximum Gasteiger partial charge on any atom is 0.326 e. The number of rotatable bonds is 2. The van der Waals surface area contributed by atoms with Gasteiger partial charge in [0.15, 0.2) is 0 Å². The standard InChI is InChI=1S/C9H16N2O2/c1-4-10-7(3)6-8(12)11(5-2)9(10)13/h7H,4-6H2,1-3H3. The maximum atomic E-state index is 11.6. The van der Waals surface area contributed by atoms with Gasteiger partial charge in [0.2, 0.25) is 5.91 Å². The van der Waals surface area contributed by atoms with Crippen LogP contribution >= 0.6 is 0 Å². The lowest BCUT2D eigenvalue weighted by atomic mass is 10.1. The second-order valence-corrected chi connectivity index (χ2v) is 3.26. The van der Waals surface area contributed by atoms with Crippen molar-refractivity contribution in [2.24, 2.45) is 0 Å². The number of hydrogen-bond acceptors (Lipinski definition) is 2. The maximum absolute atomic E-state index is 11.6. The fourth-order valence-electron chi connectivity index (χ4n) is 1.68. The fraction of sp³-hybridized carbons (Fsp3) is 0.778. The largest absolute Gasteiger partial charge is 0.326 e. The molecule has 4 nitrogen and oxygen atoms in total. The summed E-state index contributed by atoms with van der Waals surface area (Å²) in [4.78, 5) is 26.1. The Morgan fingerprint density at radius 1 is 1.31 bits per heavy atom. The lowest BCUT2D eigenvalue weighted by Crippen LogP contribution is -2.55. The monoisotopic (exact) mass is 184 g/mol. The highest BCUT2D eigenvalue weighted by atomic mass is 16.2. The van der Waals surface area contributed by atoms with Gasteiger partial charge in [0, 0.05) is 25.6 Å². The average molecular weight is 184 g/mol. The van der Waals surface area contributed by atoms with Gasteiger partial charge >= 0.3 is 6.03 Å². The summed E-state index contributed by atoms with van der Waals surface area (Å²) in [6, 6.07) is -0.0958. The minimum absolute atomic E-state index is 0.0489. The van der Waals surface area contributed by atoms with Gasteiger partial charge in [0.25, 0.3) is 0 Å². The van der Waals surface area contributed by atoms with Gasteiger partial charge < -0.3 is 4.90 Å². The van der Waals surface area contributed by atoms with Crippen molar-refractivity contribution in [3.05, 3.63) is 0 Å². The van der Waals surface area contributed by atoms with Crippen molar-refractivity contribution in [3.63, 3.8) is 0 Å². The molecule has 1 fully saturated rings. The number of carbonyl (C=O) groups excluding carboxylic acids is 2. The molecule has 0 radical (unpaired) electrons. The van der Waals surface area contributed by atoms with E-state index in [9.17, 15) is 9.59 Å². The van der Waals surface area contributed by atoms with E-state index >= 15 is 0 Å². The quantitative estimate of drug-likeness (QED) is 0.644. The molecule has 0 aromatic rings. The van der Waals surface area contributed by atoms with Crippen molar-refractivity contribution >= 4 is 11.9 Å². The van der Waals surface area contributed by atoms with E-state index in [1.165, 1.54) is 4.90 Å². The second kappa shape index (κ2) is 3.77. The van der Waals surface area contributed by atoms with Crippen LogP contribution in [0.2, 0.25) is 0 Å². The van der Waals surface area contributed by atoms with Gasteiger partial charge in [-0.3, -0.25) is 9.69 Å². The Balaban J connectivity index is 2.81. The molecular weight excluding hydrogens is 168 g/mol. The molecule has 0 N–H and O–H groups in total. The molecule has 1 atom stereocenters. The van der Waals surface area contributed by atoms with Crippen LogP contribution < -0.4 is 0 Å². The van der Waals surface area contributed by atoms with Crippen molar-refractivity contribution in [2.45, 2.75) is 33.2 Å². The van der Waals surface area contributed by atoms with Crippen LogP contribution in [0, 0.1) is 0 Å². The van der Waals surface area contributed by atoms with E-state index in [1.807, 2.05) is 20.8 Å². The summed E-state index contributed by atoms with van der Waals surface area (Å²) < 4.78 is 0. The summed E-state index contributed by atoms with van der Waals surface area (Å²) in [5.74, 6) is -0.0512. The van der Waals surface area contributed by atoms with Gasteiger partial charge in [-0.15, -0.1) is 0 Å². The van der Waals surface area contributed by atoms with Crippen molar-refractivity contribution in [3.8, 4) is 0 Å². The van der Waals surface area contributed by atoms with Crippen molar-refractivity contribution in [1.82, 2.24) is 9.80 Å². The molecule has 3 amide bonds.